The van der Waals surface area contributed by atoms with E-state index in [4.69, 9.17) is 11.6 Å². The molecular formula is C31H30ClN3O3S. The number of halogens is 1. The molecule has 1 saturated heterocycles. The van der Waals surface area contributed by atoms with E-state index in [0.717, 1.165) is 18.7 Å². The first-order valence-corrected chi connectivity index (χ1v) is 14.7. The maximum absolute atomic E-state index is 13.3. The van der Waals surface area contributed by atoms with Gasteiger partial charge in [-0.25, -0.2) is 8.42 Å². The lowest BCUT2D eigenvalue weighted by atomic mass is 9.96. The zero-order valence-electron chi connectivity index (χ0n) is 21.6. The lowest BCUT2D eigenvalue weighted by Crippen LogP contribution is -2.49. The summed E-state index contributed by atoms with van der Waals surface area (Å²) >= 11 is 6.43. The first-order chi connectivity index (χ1) is 18.8. The van der Waals surface area contributed by atoms with Crippen molar-refractivity contribution in [2.24, 2.45) is 0 Å². The van der Waals surface area contributed by atoms with Crippen LogP contribution in [0.25, 0.3) is 0 Å². The summed E-state index contributed by atoms with van der Waals surface area (Å²) in [6.07, 6.45) is 0. The molecule has 5 rings (SSSR count). The van der Waals surface area contributed by atoms with Crippen LogP contribution in [0.2, 0.25) is 5.02 Å². The number of rotatable bonds is 7. The summed E-state index contributed by atoms with van der Waals surface area (Å²) < 4.78 is 28.1. The summed E-state index contributed by atoms with van der Waals surface area (Å²) in [4.78, 5) is 17.7. The van der Waals surface area contributed by atoms with Crippen molar-refractivity contribution in [3.05, 3.63) is 130 Å². The standard InChI is InChI=1S/C31H30ClN3O3S/c1-23-12-15-27(16-13-23)39(37,38)33-29-17-14-26(22-28(29)32)31(36)35-20-18-34(19-21-35)30(24-8-4-2-5-9-24)25-10-6-3-7-11-25/h2-17,22,30,33H,18-21H2,1H3. The lowest BCUT2D eigenvalue weighted by molar-refractivity contribution is 0.0597. The van der Waals surface area contributed by atoms with Crippen LogP contribution in [0, 0.1) is 6.92 Å². The van der Waals surface area contributed by atoms with Crippen molar-refractivity contribution in [2.75, 3.05) is 30.9 Å². The van der Waals surface area contributed by atoms with Crippen LogP contribution >= 0.6 is 11.6 Å². The van der Waals surface area contributed by atoms with E-state index in [0.29, 0.717) is 18.7 Å². The number of benzene rings is 4. The summed E-state index contributed by atoms with van der Waals surface area (Å²) in [7, 11) is -3.80. The van der Waals surface area contributed by atoms with Gasteiger partial charge >= 0.3 is 0 Å². The predicted octanol–water partition coefficient (Wildman–Crippen LogP) is 6.00. The number of carbonyl (C=O) groups excluding carboxylic acids is 1. The third kappa shape index (κ3) is 6.17. The molecule has 1 N–H and O–H groups in total. The monoisotopic (exact) mass is 559 g/mol. The van der Waals surface area contributed by atoms with Gasteiger partial charge in [0.1, 0.15) is 0 Å². The van der Waals surface area contributed by atoms with Crippen LogP contribution in [0.15, 0.2) is 108 Å². The van der Waals surface area contributed by atoms with E-state index in [1.807, 2.05) is 24.0 Å². The Labute approximate surface area is 234 Å². The van der Waals surface area contributed by atoms with Crippen molar-refractivity contribution in [3.63, 3.8) is 0 Å². The minimum Gasteiger partial charge on any atom is -0.336 e. The highest BCUT2D eigenvalue weighted by molar-refractivity contribution is 7.92. The number of nitrogens with one attached hydrogen (secondary N) is 1. The maximum atomic E-state index is 13.3. The quantitative estimate of drug-likeness (QED) is 0.302. The van der Waals surface area contributed by atoms with Crippen LogP contribution < -0.4 is 4.72 Å². The first-order valence-electron chi connectivity index (χ1n) is 12.8. The molecule has 0 spiro atoms. The molecule has 4 aromatic carbocycles. The van der Waals surface area contributed by atoms with Gasteiger partial charge in [-0.1, -0.05) is 90.0 Å². The second-order valence-electron chi connectivity index (χ2n) is 9.67. The smallest absolute Gasteiger partial charge is 0.261 e. The van der Waals surface area contributed by atoms with Gasteiger partial charge in [0, 0.05) is 31.7 Å². The fourth-order valence-corrected chi connectivity index (χ4v) is 6.27. The zero-order valence-corrected chi connectivity index (χ0v) is 23.2. The summed E-state index contributed by atoms with van der Waals surface area (Å²) in [6, 6.07) is 32.2. The molecule has 1 aliphatic heterocycles. The Bertz CT molecular complexity index is 1500. The number of nitrogens with zero attached hydrogens (tertiary/aromatic N) is 2. The lowest BCUT2D eigenvalue weighted by Gasteiger charge is -2.39. The van der Waals surface area contributed by atoms with Gasteiger partial charge in [0.15, 0.2) is 0 Å². The number of carbonyl (C=O) groups is 1. The number of piperazine rings is 1. The summed E-state index contributed by atoms with van der Waals surface area (Å²) in [6.45, 7) is 4.49. The van der Waals surface area contributed by atoms with Crippen LogP contribution in [-0.2, 0) is 10.0 Å². The minimum atomic E-state index is -3.80. The van der Waals surface area contributed by atoms with Crippen LogP contribution in [-0.4, -0.2) is 50.3 Å². The number of aryl methyl sites for hydroxylation is 1. The molecule has 0 atom stereocenters. The van der Waals surface area contributed by atoms with Crippen molar-refractivity contribution in [1.29, 1.82) is 0 Å². The molecule has 39 heavy (non-hydrogen) atoms. The predicted molar refractivity (Wildman–Crippen MR) is 156 cm³/mol. The molecule has 0 radical (unpaired) electrons. The Balaban J connectivity index is 1.27. The topological polar surface area (TPSA) is 69.7 Å². The molecule has 1 amide bonds. The first kappa shape index (κ1) is 26.9. The molecule has 0 saturated carbocycles. The molecule has 0 bridgehead atoms. The van der Waals surface area contributed by atoms with Crippen molar-refractivity contribution >= 4 is 33.2 Å². The third-order valence-corrected chi connectivity index (χ3v) is 8.68. The molecule has 1 heterocycles. The summed E-state index contributed by atoms with van der Waals surface area (Å²) in [5.74, 6) is -0.125. The van der Waals surface area contributed by atoms with E-state index < -0.39 is 10.0 Å². The number of amides is 1. The number of sulfonamides is 1. The third-order valence-electron chi connectivity index (χ3n) is 6.99. The highest BCUT2D eigenvalue weighted by atomic mass is 35.5. The van der Waals surface area contributed by atoms with E-state index in [1.165, 1.54) is 17.2 Å². The second-order valence-corrected chi connectivity index (χ2v) is 11.8. The highest BCUT2D eigenvalue weighted by Gasteiger charge is 2.29. The second kappa shape index (κ2) is 11.6. The van der Waals surface area contributed by atoms with Crippen molar-refractivity contribution in [2.45, 2.75) is 17.9 Å². The number of hydrogen-bond acceptors (Lipinski definition) is 4. The minimum absolute atomic E-state index is 0.111. The Kier molecular flexibility index (Phi) is 8.02. The normalized spacial score (nSPS) is 14.4. The summed E-state index contributed by atoms with van der Waals surface area (Å²) in [5.41, 5.74) is 4.06. The zero-order chi connectivity index (χ0) is 27.4. The fourth-order valence-electron chi connectivity index (χ4n) is 4.90. The van der Waals surface area contributed by atoms with Crippen molar-refractivity contribution in [1.82, 2.24) is 9.80 Å². The van der Waals surface area contributed by atoms with E-state index in [2.05, 4.69) is 58.2 Å². The molecule has 8 heteroatoms. The van der Waals surface area contributed by atoms with Gasteiger partial charge in [-0.2, -0.15) is 0 Å². The molecule has 1 aliphatic rings. The van der Waals surface area contributed by atoms with Crippen LogP contribution in [0.1, 0.15) is 33.1 Å². The fraction of sp³-hybridized carbons (Fsp3) is 0.194. The number of anilines is 1. The van der Waals surface area contributed by atoms with Crippen LogP contribution in [0.5, 0.6) is 0 Å². The van der Waals surface area contributed by atoms with Crippen LogP contribution in [0.3, 0.4) is 0 Å². The average molecular weight is 560 g/mol. The van der Waals surface area contributed by atoms with Crippen LogP contribution in [0.4, 0.5) is 5.69 Å². The van der Waals surface area contributed by atoms with E-state index in [9.17, 15) is 13.2 Å². The molecule has 1 fully saturated rings. The van der Waals surface area contributed by atoms with Gasteiger partial charge in [0.05, 0.1) is 21.6 Å². The molecule has 200 valence electrons. The largest absolute Gasteiger partial charge is 0.336 e. The Morgan fingerprint density at radius 2 is 1.36 bits per heavy atom. The SMILES string of the molecule is Cc1ccc(S(=O)(=O)Nc2ccc(C(=O)N3CCN(C(c4ccccc4)c4ccccc4)CC3)cc2Cl)cc1. The van der Waals surface area contributed by atoms with E-state index in [-0.39, 0.29) is 27.6 Å². The Hall–Kier alpha value is -3.65. The molecular weight excluding hydrogens is 530 g/mol. The van der Waals surface area contributed by atoms with E-state index in [1.54, 1.807) is 36.4 Å². The van der Waals surface area contributed by atoms with E-state index >= 15 is 0 Å². The average Bonchev–Trinajstić information content (AvgIpc) is 2.96. The van der Waals surface area contributed by atoms with Gasteiger partial charge in [-0.15, -0.1) is 0 Å². The molecule has 4 aromatic rings. The molecule has 0 unspecified atom stereocenters. The van der Waals surface area contributed by atoms with Gasteiger partial charge in [0.2, 0.25) is 0 Å². The number of hydrogen-bond donors (Lipinski definition) is 1. The Morgan fingerprint density at radius 3 is 1.90 bits per heavy atom. The van der Waals surface area contributed by atoms with Gasteiger partial charge < -0.3 is 4.90 Å². The van der Waals surface area contributed by atoms with Gasteiger partial charge in [0.25, 0.3) is 15.9 Å². The van der Waals surface area contributed by atoms with Gasteiger partial charge in [-0.05, 0) is 48.4 Å². The maximum Gasteiger partial charge on any atom is 0.261 e. The molecule has 0 aromatic heterocycles. The van der Waals surface area contributed by atoms with Crippen molar-refractivity contribution < 1.29 is 13.2 Å². The molecule has 6 nitrogen and oxygen atoms in total. The highest BCUT2D eigenvalue weighted by Crippen LogP contribution is 2.30. The van der Waals surface area contributed by atoms with Crippen molar-refractivity contribution in [3.8, 4) is 0 Å². The van der Waals surface area contributed by atoms with Gasteiger partial charge in [-0.3, -0.25) is 14.4 Å². The Morgan fingerprint density at radius 1 is 0.795 bits per heavy atom. The molecule has 0 aliphatic carbocycles. The summed E-state index contributed by atoms with van der Waals surface area (Å²) in [5, 5.41) is 0.170.